The summed E-state index contributed by atoms with van der Waals surface area (Å²) in [7, 11) is 1.38. The molecule has 0 saturated heterocycles. The lowest BCUT2D eigenvalue weighted by molar-refractivity contribution is -0.145. The number of aliphatic hydroxyl groups excluding tert-OH is 1. The number of unbranched alkanes of at least 4 members (excludes halogenated alkanes) is 11. The average molecular weight is 485 g/mol. The van der Waals surface area contributed by atoms with Crippen LogP contribution in [0, 0.1) is 11.8 Å². The Morgan fingerprint density at radius 3 is 2.18 bits per heavy atom. The van der Waals surface area contributed by atoms with Gasteiger partial charge < -0.3 is 14.9 Å². The number of hydrogen-bond donors (Lipinski definition) is 2. The van der Waals surface area contributed by atoms with Gasteiger partial charge >= 0.3 is 11.9 Å². The van der Waals surface area contributed by atoms with Crippen molar-refractivity contribution >= 4 is 23.7 Å². The molecule has 4 unspecified atom stereocenters. The van der Waals surface area contributed by atoms with Crippen molar-refractivity contribution < 1.29 is 24.5 Å². The second kappa shape index (κ2) is 18.3. The number of rotatable bonds is 18. The fourth-order valence-electron chi connectivity index (χ4n) is 4.71. The molecule has 0 spiro atoms. The molecular weight excluding hydrogens is 436 g/mol. The highest BCUT2D eigenvalue weighted by Crippen LogP contribution is 2.40. The SMILES string of the molecule is CCCCCCCCCCCCCC=C1CCC(C(C)C(=O)O)C(O)C1SCCC(=O)OC. The van der Waals surface area contributed by atoms with Gasteiger partial charge in [0, 0.05) is 5.75 Å². The van der Waals surface area contributed by atoms with E-state index in [0.717, 1.165) is 19.3 Å². The van der Waals surface area contributed by atoms with Crippen LogP contribution in [0.2, 0.25) is 0 Å². The number of esters is 1. The average Bonchev–Trinajstić information content (AvgIpc) is 2.80. The van der Waals surface area contributed by atoms with E-state index in [1.807, 2.05) is 0 Å². The van der Waals surface area contributed by atoms with E-state index in [9.17, 15) is 19.8 Å². The van der Waals surface area contributed by atoms with Gasteiger partial charge in [-0.1, -0.05) is 89.7 Å². The lowest BCUT2D eigenvalue weighted by Crippen LogP contribution is -2.42. The van der Waals surface area contributed by atoms with Crippen LogP contribution in [-0.2, 0) is 14.3 Å². The van der Waals surface area contributed by atoms with Gasteiger partial charge in [-0.2, -0.15) is 11.8 Å². The lowest BCUT2D eigenvalue weighted by atomic mass is 9.76. The van der Waals surface area contributed by atoms with Crippen LogP contribution in [0.15, 0.2) is 11.6 Å². The number of ether oxygens (including phenoxy) is 1. The first-order valence-corrected chi connectivity index (χ1v) is 14.2. The second-order valence-electron chi connectivity index (χ2n) is 9.54. The molecule has 1 saturated carbocycles. The van der Waals surface area contributed by atoms with Gasteiger partial charge in [-0.25, -0.2) is 0 Å². The molecule has 2 N–H and O–H groups in total. The number of carbonyl (C=O) groups is 2. The number of allylic oxidation sites excluding steroid dienone is 1. The van der Waals surface area contributed by atoms with E-state index in [-0.39, 0.29) is 17.1 Å². The normalized spacial score (nSPS) is 22.9. The topological polar surface area (TPSA) is 83.8 Å². The third kappa shape index (κ3) is 12.3. The maximum absolute atomic E-state index is 11.5. The summed E-state index contributed by atoms with van der Waals surface area (Å²) in [6, 6.07) is 0. The number of carboxylic acids is 1. The molecule has 0 heterocycles. The van der Waals surface area contributed by atoms with Crippen LogP contribution in [0.1, 0.15) is 110 Å². The summed E-state index contributed by atoms with van der Waals surface area (Å²) in [4.78, 5) is 23.0. The lowest BCUT2D eigenvalue weighted by Gasteiger charge is -2.38. The fourth-order valence-corrected chi connectivity index (χ4v) is 6.08. The monoisotopic (exact) mass is 484 g/mol. The number of aliphatic carboxylic acids is 1. The molecule has 4 atom stereocenters. The molecule has 5 nitrogen and oxygen atoms in total. The van der Waals surface area contributed by atoms with Gasteiger partial charge in [0.2, 0.25) is 0 Å². The Hall–Kier alpha value is -1.01. The van der Waals surface area contributed by atoms with Crippen LogP contribution in [-0.4, -0.2) is 46.4 Å². The van der Waals surface area contributed by atoms with Crippen molar-refractivity contribution in [1.29, 1.82) is 0 Å². The smallest absolute Gasteiger partial charge is 0.306 e. The van der Waals surface area contributed by atoms with E-state index in [0.29, 0.717) is 18.6 Å². The summed E-state index contributed by atoms with van der Waals surface area (Å²) in [5.41, 5.74) is 1.22. The third-order valence-corrected chi connectivity index (χ3v) is 8.34. The number of aliphatic hydroxyl groups is 1. The molecule has 0 aromatic rings. The Morgan fingerprint density at radius 2 is 1.64 bits per heavy atom. The van der Waals surface area contributed by atoms with Gasteiger partial charge in [-0.05, 0) is 31.6 Å². The summed E-state index contributed by atoms with van der Waals surface area (Å²) in [5, 5.41) is 20.3. The van der Waals surface area contributed by atoms with Crippen LogP contribution >= 0.6 is 11.8 Å². The highest BCUT2D eigenvalue weighted by molar-refractivity contribution is 8.00. The van der Waals surface area contributed by atoms with Crippen LogP contribution in [0.5, 0.6) is 0 Å². The molecule has 33 heavy (non-hydrogen) atoms. The molecule has 1 aliphatic carbocycles. The number of hydrogen-bond acceptors (Lipinski definition) is 5. The molecule has 0 radical (unpaired) electrons. The summed E-state index contributed by atoms with van der Waals surface area (Å²) in [6.07, 6.45) is 19.0. The minimum atomic E-state index is -0.856. The zero-order valence-electron chi connectivity index (χ0n) is 21.2. The van der Waals surface area contributed by atoms with Crippen molar-refractivity contribution in [3.63, 3.8) is 0 Å². The molecule has 0 aromatic heterocycles. The molecule has 0 aromatic carbocycles. The van der Waals surface area contributed by atoms with Crippen molar-refractivity contribution in [3.8, 4) is 0 Å². The maximum atomic E-state index is 11.5. The van der Waals surface area contributed by atoms with Gasteiger partial charge in [0.05, 0.1) is 30.8 Å². The van der Waals surface area contributed by atoms with Gasteiger partial charge in [-0.15, -0.1) is 0 Å². The number of thioether (sulfide) groups is 1. The van der Waals surface area contributed by atoms with Crippen LogP contribution in [0.25, 0.3) is 0 Å². The van der Waals surface area contributed by atoms with Crippen LogP contribution in [0.4, 0.5) is 0 Å². The standard InChI is InChI=1S/C27H48O5S/c1-4-5-6-7-8-9-10-11-12-13-14-15-16-22-17-18-23(21(2)27(30)31)25(29)26(22)33-20-19-24(28)32-3/h16,21,23,25-26,29H,4-15,17-20H2,1-3H3,(H,30,31). The predicted octanol–water partition coefficient (Wildman–Crippen LogP) is 6.77. The van der Waals surface area contributed by atoms with Gasteiger partial charge in [0.1, 0.15) is 0 Å². The first-order chi connectivity index (χ1) is 15.9. The molecule has 6 heteroatoms. The molecular formula is C27H48O5S. The summed E-state index contributed by atoms with van der Waals surface area (Å²) in [5.74, 6) is -1.37. The minimum absolute atomic E-state index is 0.136. The Morgan fingerprint density at radius 1 is 1.06 bits per heavy atom. The summed E-state index contributed by atoms with van der Waals surface area (Å²) < 4.78 is 4.73. The van der Waals surface area contributed by atoms with E-state index in [1.54, 1.807) is 18.7 Å². The zero-order valence-corrected chi connectivity index (χ0v) is 22.0. The van der Waals surface area contributed by atoms with Crippen molar-refractivity contribution in [1.82, 2.24) is 0 Å². The van der Waals surface area contributed by atoms with Crippen molar-refractivity contribution in [2.45, 2.75) is 122 Å². The van der Waals surface area contributed by atoms with Gasteiger partial charge in [-0.3, -0.25) is 9.59 Å². The van der Waals surface area contributed by atoms with E-state index in [1.165, 1.54) is 76.9 Å². The largest absolute Gasteiger partial charge is 0.481 e. The Kier molecular flexibility index (Phi) is 16.7. The third-order valence-electron chi connectivity index (χ3n) is 6.96. The molecule has 0 bridgehead atoms. The van der Waals surface area contributed by atoms with Gasteiger partial charge in [0.15, 0.2) is 0 Å². The fraction of sp³-hybridized carbons (Fsp3) is 0.852. The molecule has 192 valence electrons. The molecule has 1 rings (SSSR count). The number of carbonyl (C=O) groups excluding carboxylic acids is 1. The van der Waals surface area contributed by atoms with Crippen molar-refractivity contribution in [3.05, 3.63) is 11.6 Å². The predicted molar refractivity (Wildman–Crippen MR) is 138 cm³/mol. The van der Waals surface area contributed by atoms with E-state index in [4.69, 9.17) is 4.74 Å². The van der Waals surface area contributed by atoms with E-state index >= 15 is 0 Å². The molecule has 1 aliphatic rings. The quantitative estimate of drug-likeness (QED) is 0.127. The summed E-state index contributed by atoms with van der Waals surface area (Å²) >= 11 is 1.56. The van der Waals surface area contributed by atoms with Crippen LogP contribution < -0.4 is 0 Å². The minimum Gasteiger partial charge on any atom is -0.481 e. The highest BCUT2D eigenvalue weighted by Gasteiger charge is 2.39. The Bertz CT molecular complexity index is 577. The first-order valence-electron chi connectivity index (χ1n) is 13.2. The first kappa shape index (κ1) is 30.0. The van der Waals surface area contributed by atoms with Crippen molar-refractivity contribution in [2.75, 3.05) is 12.9 Å². The number of carboxylic acid groups (broad SMARTS) is 1. The Balaban J connectivity index is 2.42. The number of methoxy groups -OCH3 is 1. The zero-order chi connectivity index (χ0) is 24.5. The van der Waals surface area contributed by atoms with Crippen molar-refractivity contribution in [2.24, 2.45) is 11.8 Å². The van der Waals surface area contributed by atoms with Gasteiger partial charge in [0.25, 0.3) is 0 Å². The van der Waals surface area contributed by atoms with E-state index < -0.39 is 18.0 Å². The molecule has 0 amide bonds. The second-order valence-corrected chi connectivity index (χ2v) is 10.8. The molecule has 1 fully saturated rings. The summed E-state index contributed by atoms with van der Waals surface area (Å²) in [6.45, 7) is 3.94. The Labute approximate surface area is 206 Å². The highest BCUT2D eigenvalue weighted by atomic mass is 32.2. The van der Waals surface area contributed by atoms with Crippen LogP contribution in [0.3, 0.4) is 0 Å². The molecule has 0 aliphatic heterocycles. The van der Waals surface area contributed by atoms with E-state index in [2.05, 4.69) is 13.0 Å². The maximum Gasteiger partial charge on any atom is 0.306 e.